The van der Waals surface area contributed by atoms with E-state index in [-0.39, 0.29) is 24.4 Å². The van der Waals surface area contributed by atoms with Crippen molar-refractivity contribution in [2.75, 3.05) is 13.1 Å². The molecule has 1 aliphatic carbocycles. The van der Waals surface area contributed by atoms with Crippen molar-refractivity contribution in [2.45, 2.75) is 104 Å². The van der Waals surface area contributed by atoms with Gasteiger partial charge in [0, 0.05) is 12.6 Å². The van der Waals surface area contributed by atoms with Gasteiger partial charge in [-0.25, -0.2) is 4.79 Å². The summed E-state index contributed by atoms with van der Waals surface area (Å²) in [7, 11) is 0. The van der Waals surface area contributed by atoms with Gasteiger partial charge in [0.2, 0.25) is 11.8 Å². The number of nitrogens with one attached hydrogen (secondary N) is 2. The van der Waals surface area contributed by atoms with Gasteiger partial charge in [-0.3, -0.25) is 9.59 Å². The molecule has 34 heavy (non-hydrogen) atoms. The van der Waals surface area contributed by atoms with E-state index in [9.17, 15) is 14.4 Å². The van der Waals surface area contributed by atoms with Crippen LogP contribution in [0.2, 0.25) is 0 Å². The zero-order valence-corrected chi connectivity index (χ0v) is 21.8. The Bertz CT molecular complexity index is 841. The molecule has 0 spiro atoms. The van der Waals surface area contributed by atoms with Gasteiger partial charge in [0.05, 0.1) is 0 Å². The summed E-state index contributed by atoms with van der Waals surface area (Å²) in [6.45, 7) is 11.6. The maximum absolute atomic E-state index is 13.6. The highest BCUT2D eigenvalue weighted by molar-refractivity contribution is 5.90. The number of nitrogens with zero attached hydrogens (tertiary/aromatic N) is 1. The van der Waals surface area contributed by atoms with Crippen molar-refractivity contribution in [3.8, 4) is 0 Å². The minimum atomic E-state index is -0.749. The van der Waals surface area contributed by atoms with Crippen molar-refractivity contribution in [1.29, 1.82) is 0 Å². The molecule has 3 amide bonds. The lowest BCUT2D eigenvalue weighted by Crippen LogP contribution is -2.50. The molecule has 0 bridgehead atoms. The number of carbonyl (C=O) groups excluding carboxylic acids is 3. The average molecular weight is 474 g/mol. The van der Waals surface area contributed by atoms with Crippen LogP contribution in [0.1, 0.15) is 95.4 Å². The maximum atomic E-state index is 13.6. The summed E-state index contributed by atoms with van der Waals surface area (Å²) in [5, 5.41) is 5.77. The molecule has 0 saturated heterocycles. The molecule has 1 aromatic rings. The number of hydrogen-bond acceptors (Lipinski definition) is 4. The van der Waals surface area contributed by atoms with Crippen molar-refractivity contribution in [3.05, 3.63) is 34.9 Å². The summed E-state index contributed by atoms with van der Waals surface area (Å²) in [6.07, 6.45) is 6.34. The van der Waals surface area contributed by atoms with Crippen LogP contribution in [0.25, 0.3) is 0 Å². The second-order valence-electron chi connectivity index (χ2n) is 10.4. The number of ether oxygens (including phenoxy) is 1. The van der Waals surface area contributed by atoms with E-state index in [4.69, 9.17) is 4.74 Å². The lowest BCUT2D eigenvalue weighted by Gasteiger charge is -2.34. The molecule has 2 N–H and O–H groups in total. The largest absolute Gasteiger partial charge is 0.444 e. The van der Waals surface area contributed by atoms with Gasteiger partial charge in [0.15, 0.2) is 0 Å². The van der Waals surface area contributed by atoms with Crippen molar-refractivity contribution in [1.82, 2.24) is 15.5 Å². The summed E-state index contributed by atoms with van der Waals surface area (Å²) < 4.78 is 5.27. The molecule has 0 radical (unpaired) electrons. The minimum absolute atomic E-state index is 0.137. The van der Waals surface area contributed by atoms with Crippen molar-refractivity contribution < 1.29 is 19.1 Å². The molecule has 7 nitrogen and oxygen atoms in total. The number of unbranched alkanes of at least 4 members (excludes halogenated alkanes) is 1. The highest BCUT2D eigenvalue weighted by atomic mass is 16.6. The van der Waals surface area contributed by atoms with Crippen LogP contribution in [0.3, 0.4) is 0 Å². The first-order chi connectivity index (χ1) is 16.0. The fourth-order valence-electron chi connectivity index (χ4n) is 4.22. The third kappa shape index (κ3) is 8.65. The molecule has 190 valence electrons. The first-order valence-electron chi connectivity index (χ1n) is 12.7. The smallest absolute Gasteiger partial charge is 0.408 e. The van der Waals surface area contributed by atoms with E-state index in [1.165, 1.54) is 6.42 Å². The summed E-state index contributed by atoms with van der Waals surface area (Å²) in [6, 6.07) is 5.31. The molecule has 0 aromatic heterocycles. The van der Waals surface area contributed by atoms with E-state index in [1.54, 1.807) is 25.7 Å². The Kier molecular flexibility index (Phi) is 10.4. The Morgan fingerprint density at radius 2 is 1.76 bits per heavy atom. The number of carbonyl (C=O) groups is 3. The normalized spacial score (nSPS) is 15.4. The Morgan fingerprint density at radius 1 is 1.09 bits per heavy atom. The summed E-state index contributed by atoms with van der Waals surface area (Å²) >= 11 is 0. The van der Waals surface area contributed by atoms with Crippen LogP contribution in [0.5, 0.6) is 0 Å². The average Bonchev–Trinajstić information content (AvgIpc) is 2.76. The third-order valence-electron chi connectivity index (χ3n) is 6.21. The number of alkyl carbamates (subject to hydrolysis) is 1. The van der Waals surface area contributed by atoms with Gasteiger partial charge in [-0.2, -0.15) is 0 Å². The van der Waals surface area contributed by atoms with Crippen LogP contribution < -0.4 is 10.6 Å². The molecule has 1 fully saturated rings. The van der Waals surface area contributed by atoms with Gasteiger partial charge in [-0.1, -0.05) is 50.8 Å². The Morgan fingerprint density at radius 3 is 2.35 bits per heavy atom. The molecule has 1 aliphatic rings. The monoisotopic (exact) mass is 473 g/mol. The molecule has 2 rings (SSSR count). The van der Waals surface area contributed by atoms with Crippen LogP contribution in [-0.4, -0.2) is 47.5 Å². The number of hydrogen-bond donors (Lipinski definition) is 2. The van der Waals surface area contributed by atoms with Crippen LogP contribution in [-0.2, 0) is 14.3 Å². The fraction of sp³-hybridized carbons (Fsp3) is 0.667. The van der Waals surface area contributed by atoms with Gasteiger partial charge in [0.1, 0.15) is 18.2 Å². The van der Waals surface area contributed by atoms with Gasteiger partial charge in [0.25, 0.3) is 0 Å². The van der Waals surface area contributed by atoms with Gasteiger partial charge in [-0.15, -0.1) is 0 Å². The summed E-state index contributed by atoms with van der Waals surface area (Å²) in [5.41, 5.74) is 2.34. The first-order valence-corrected chi connectivity index (χ1v) is 12.7. The summed E-state index contributed by atoms with van der Waals surface area (Å²) in [5.74, 6) is -0.460. The number of rotatable bonds is 9. The number of amides is 3. The Balaban J connectivity index is 2.30. The quantitative estimate of drug-likeness (QED) is 0.531. The Labute approximate surface area is 205 Å². The predicted octanol–water partition coefficient (Wildman–Crippen LogP) is 4.95. The third-order valence-corrected chi connectivity index (χ3v) is 6.21. The molecule has 7 heteroatoms. The minimum Gasteiger partial charge on any atom is -0.444 e. The van der Waals surface area contributed by atoms with Crippen molar-refractivity contribution in [3.63, 3.8) is 0 Å². The molecular formula is C27H43N3O4. The second kappa shape index (κ2) is 12.8. The first kappa shape index (κ1) is 27.7. The highest BCUT2D eigenvalue weighted by Gasteiger charge is 2.33. The standard InChI is InChI=1S/C27H43N3O4/c1-7-8-16-30(23(31)18-28-26(33)34-27(4,5)6)24(21-15-14-19(2)20(3)17-21)25(32)29-22-12-10-9-11-13-22/h14-15,17,22,24H,7-13,16,18H2,1-6H3,(H,28,33)(H,29,32). The summed E-state index contributed by atoms with van der Waals surface area (Å²) in [4.78, 5) is 40.7. The molecule has 1 atom stereocenters. The second-order valence-corrected chi connectivity index (χ2v) is 10.4. The lowest BCUT2D eigenvalue weighted by molar-refractivity contribution is -0.140. The number of benzene rings is 1. The number of aryl methyl sites for hydroxylation is 2. The van der Waals surface area contributed by atoms with Gasteiger partial charge < -0.3 is 20.3 Å². The molecule has 0 aliphatic heterocycles. The van der Waals surface area contributed by atoms with Crippen molar-refractivity contribution >= 4 is 17.9 Å². The maximum Gasteiger partial charge on any atom is 0.408 e. The molecule has 1 unspecified atom stereocenters. The van der Waals surface area contributed by atoms with E-state index in [0.29, 0.717) is 6.54 Å². The van der Waals surface area contributed by atoms with Crippen molar-refractivity contribution in [2.24, 2.45) is 0 Å². The predicted molar refractivity (Wildman–Crippen MR) is 135 cm³/mol. The van der Waals surface area contributed by atoms with Crippen LogP contribution in [0.4, 0.5) is 4.79 Å². The van der Waals surface area contributed by atoms with E-state index >= 15 is 0 Å². The molecular weight excluding hydrogens is 430 g/mol. The topological polar surface area (TPSA) is 87.7 Å². The fourth-order valence-corrected chi connectivity index (χ4v) is 4.22. The zero-order valence-electron chi connectivity index (χ0n) is 21.8. The van der Waals surface area contributed by atoms with E-state index in [0.717, 1.165) is 55.2 Å². The SMILES string of the molecule is CCCCN(C(=O)CNC(=O)OC(C)(C)C)C(C(=O)NC1CCCCC1)c1ccc(C)c(C)c1. The lowest BCUT2D eigenvalue weighted by atomic mass is 9.94. The van der Waals surface area contributed by atoms with Crippen LogP contribution >= 0.6 is 0 Å². The van der Waals surface area contributed by atoms with Gasteiger partial charge in [-0.05, 0) is 70.6 Å². The zero-order chi connectivity index (χ0) is 25.3. The Hall–Kier alpha value is -2.57. The van der Waals surface area contributed by atoms with Gasteiger partial charge >= 0.3 is 6.09 Å². The van der Waals surface area contributed by atoms with E-state index < -0.39 is 17.7 Å². The van der Waals surface area contributed by atoms with Crippen LogP contribution in [0, 0.1) is 13.8 Å². The molecule has 1 saturated carbocycles. The molecule has 1 aromatic carbocycles. The van der Waals surface area contributed by atoms with E-state index in [2.05, 4.69) is 17.6 Å². The van der Waals surface area contributed by atoms with E-state index in [1.807, 2.05) is 32.0 Å². The molecule has 0 heterocycles. The highest BCUT2D eigenvalue weighted by Crippen LogP contribution is 2.26. The van der Waals surface area contributed by atoms with Crippen LogP contribution in [0.15, 0.2) is 18.2 Å².